The number of amides is 3. The lowest BCUT2D eigenvalue weighted by molar-refractivity contribution is -0.154. The zero-order chi connectivity index (χ0) is 30.6. The summed E-state index contributed by atoms with van der Waals surface area (Å²) in [6, 6.07) is 15.6. The minimum Gasteiger partial charge on any atom is -0.379 e. The molecule has 2 bridgehead atoms. The van der Waals surface area contributed by atoms with Crippen molar-refractivity contribution in [1.29, 1.82) is 0 Å². The Balaban J connectivity index is 1.26. The highest BCUT2D eigenvalue weighted by molar-refractivity contribution is 7.87. The summed E-state index contributed by atoms with van der Waals surface area (Å²) in [4.78, 5) is 54.4. The summed E-state index contributed by atoms with van der Waals surface area (Å²) in [6.45, 7) is 1.17. The lowest BCUT2D eigenvalue weighted by atomic mass is 9.85. The molecular formula is C31H24Cl2N2O7S. The molecule has 6 rings (SSSR count). The van der Waals surface area contributed by atoms with E-state index in [-0.39, 0.29) is 43.7 Å². The Morgan fingerprint density at radius 2 is 1.51 bits per heavy atom. The van der Waals surface area contributed by atoms with E-state index >= 15 is 0 Å². The van der Waals surface area contributed by atoms with Gasteiger partial charge in [0.05, 0.1) is 22.4 Å². The highest BCUT2D eigenvalue weighted by atomic mass is 35.5. The molecule has 3 aromatic rings. The predicted molar refractivity (Wildman–Crippen MR) is 157 cm³/mol. The Morgan fingerprint density at radius 1 is 0.907 bits per heavy atom. The van der Waals surface area contributed by atoms with E-state index in [1.807, 2.05) is 19.1 Å². The molecule has 1 aliphatic heterocycles. The molecule has 9 nitrogen and oxygen atoms in total. The van der Waals surface area contributed by atoms with Gasteiger partial charge < -0.3 is 4.18 Å². The van der Waals surface area contributed by atoms with Crippen molar-refractivity contribution >= 4 is 56.8 Å². The zero-order valence-corrected chi connectivity index (χ0v) is 25.0. The molecule has 0 aromatic heterocycles. The second-order valence-electron chi connectivity index (χ2n) is 10.8. The summed E-state index contributed by atoms with van der Waals surface area (Å²) in [5, 5.41) is 1.90. The first-order chi connectivity index (χ1) is 20.4. The van der Waals surface area contributed by atoms with Gasteiger partial charge >= 0.3 is 10.1 Å². The Hall–Kier alpha value is -3.99. The largest absolute Gasteiger partial charge is 0.379 e. The first-order valence-electron chi connectivity index (χ1n) is 13.4. The maximum absolute atomic E-state index is 13.8. The fourth-order valence-corrected chi connectivity index (χ4v) is 7.38. The number of carbonyl (C=O) groups is 4. The third kappa shape index (κ3) is 5.24. The Morgan fingerprint density at radius 3 is 2.09 bits per heavy atom. The fraction of sp³-hybridized carbons (Fsp3) is 0.226. The van der Waals surface area contributed by atoms with Crippen molar-refractivity contribution in [3.63, 3.8) is 0 Å². The first-order valence-corrected chi connectivity index (χ1v) is 15.6. The molecule has 0 N–H and O–H groups in total. The van der Waals surface area contributed by atoms with Gasteiger partial charge in [-0.05, 0) is 79.8 Å². The number of fused-ring (bicyclic) bond motifs is 5. The summed E-state index contributed by atoms with van der Waals surface area (Å²) < 4.78 is 30.5. The lowest BCUT2D eigenvalue weighted by Crippen LogP contribution is -2.52. The molecule has 0 unspecified atom stereocenters. The third-order valence-electron chi connectivity index (χ3n) is 8.07. The van der Waals surface area contributed by atoms with Gasteiger partial charge in [0.15, 0.2) is 5.78 Å². The Labute approximate surface area is 257 Å². The number of halogens is 2. The fourth-order valence-electron chi connectivity index (χ4n) is 5.96. The molecule has 4 atom stereocenters. The van der Waals surface area contributed by atoms with Crippen LogP contribution in [0.1, 0.15) is 32.7 Å². The number of hydrogen-bond donors (Lipinski definition) is 0. The zero-order valence-electron chi connectivity index (χ0n) is 22.6. The number of imide groups is 1. The molecule has 0 radical (unpaired) electrons. The van der Waals surface area contributed by atoms with Crippen molar-refractivity contribution in [2.45, 2.75) is 18.2 Å². The van der Waals surface area contributed by atoms with Crippen molar-refractivity contribution < 1.29 is 31.8 Å². The molecule has 1 heterocycles. The average molecular weight is 640 g/mol. The van der Waals surface area contributed by atoms with Crippen LogP contribution in [-0.2, 0) is 19.7 Å². The first kappa shape index (κ1) is 29.1. The van der Waals surface area contributed by atoms with Crippen molar-refractivity contribution in [1.82, 2.24) is 10.0 Å². The molecule has 0 spiro atoms. The molecule has 1 saturated carbocycles. The quantitative estimate of drug-likeness (QED) is 0.145. The summed E-state index contributed by atoms with van der Waals surface area (Å²) in [7, 11) is -4.11. The van der Waals surface area contributed by atoms with Gasteiger partial charge in [-0.15, -0.1) is 0 Å². The average Bonchev–Trinajstić information content (AvgIpc) is 3.65. The number of rotatable bonds is 8. The molecule has 220 valence electrons. The van der Waals surface area contributed by atoms with E-state index in [0.717, 1.165) is 15.6 Å². The second-order valence-corrected chi connectivity index (χ2v) is 13.2. The molecule has 3 amide bonds. The monoisotopic (exact) mass is 638 g/mol. The maximum Gasteiger partial charge on any atom is 0.339 e. The minimum atomic E-state index is -4.11. The number of Topliss-reactive ketones (excluding diaryl/α,β-unsaturated/α-hetero) is 1. The predicted octanol–water partition coefficient (Wildman–Crippen LogP) is 5.12. The molecule has 2 fully saturated rings. The Bertz CT molecular complexity index is 1780. The van der Waals surface area contributed by atoms with Crippen LogP contribution in [0.4, 0.5) is 0 Å². The van der Waals surface area contributed by atoms with Gasteiger partial charge in [-0.2, -0.15) is 13.4 Å². The summed E-state index contributed by atoms with van der Waals surface area (Å²) >= 11 is 12.3. The van der Waals surface area contributed by atoms with E-state index in [1.54, 1.807) is 12.1 Å². The minimum absolute atomic E-state index is 0.00717. The SMILES string of the molecule is Cc1ccc(S(=O)(=O)Oc2ccc(C(=O)CN(C(=O)c3ccc(Cl)cc3Cl)N3C(=O)[C@@H]4[C@H](C3=O)[C@H]3C=C[C@H]4C3)cc2)cc1. The number of aryl methyl sites for hydroxylation is 1. The van der Waals surface area contributed by atoms with E-state index in [9.17, 15) is 27.6 Å². The van der Waals surface area contributed by atoms with E-state index in [4.69, 9.17) is 27.4 Å². The normalized spacial score (nSPS) is 22.2. The van der Waals surface area contributed by atoms with Crippen LogP contribution in [0.2, 0.25) is 10.0 Å². The third-order valence-corrected chi connectivity index (χ3v) is 9.88. The molecule has 3 aliphatic rings. The molecule has 2 aliphatic carbocycles. The number of hydrogen-bond acceptors (Lipinski definition) is 7. The van der Waals surface area contributed by atoms with E-state index < -0.39 is 52.0 Å². The van der Waals surface area contributed by atoms with Crippen LogP contribution in [0, 0.1) is 30.6 Å². The highest BCUT2D eigenvalue weighted by Crippen LogP contribution is 2.52. The van der Waals surface area contributed by atoms with Crippen LogP contribution in [-0.4, -0.2) is 48.5 Å². The highest BCUT2D eigenvalue weighted by Gasteiger charge is 2.61. The molecule has 3 aromatic carbocycles. The molecular weight excluding hydrogens is 615 g/mol. The van der Waals surface area contributed by atoms with Gasteiger partial charge in [0.2, 0.25) is 0 Å². The smallest absolute Gasteiger partial charge is 0.339 e. The van der Waals surface area contributed by atoms with Gasteiger partial charge in [-0.1, -0.05) is 53.1 Å². The van der Waals surface area contributed by atoms with Gasteiger partial charge in [0.1, 0.15) is 17.2 Å². The number of allylic oxidation sites excluding steroid dienone is 2. The van der Waals surface area contributed by atoms with Crippen molar-refractivity contribution in [2.75, 3.05) is 6.54 Å². The van der Waals surface area contributed by atoms with Crippen LogP contribution in [0.3, 0.4) is 0 Å². The topological polar surface area (TPSA) is 118 Å². The number of ketones is 1. The summed E-state index contributed by atoms with van der Waals surface area (Å²) in [5.41, 5.74) is 0.945. The van der Waals surface area contributed by atoms with Gasteiger partial charge in [-0.3, -0.25) is 19.2 Å². The van der Waals surface area contributed by atoms with Crippen LogP contribution in [0.5, 0.6) is 5.75 Å². The standard InChI is InChI=1S/C31H24Cl2N2O7S/c1-17-2-11-23(12-3-17)43(40,41)42-22-9-6-18(7-10-22)26(36)16-34(29(37)24-13-8-21(32)15-25(24)33)35-30(38)27-19-4-5-20(14-19)28(27)31(35)39/h2-13,15,19-20,27-28H,14,16H2,1H3/t19-,20-,27-,28+/m0/s1. The number of benzene rings is 3. The van der Waals surface area contributed by atoms with Gasteiger partial charge in [0, 0.05) is 10.6 Å². The van der Waals surface area contributed by atoms with Gasteiger partial charge in [0.25, 0.3) is 17.7 Å². The van der Waals surface area contributed by atoms with Crippen LogP contribution in [0.25, 0.3) is 0 Å². The van der Waals surface area contributed by atoms with Crippen LogP contribution >= 0.6 is 23.2 Å². The number of nitrogens with zero attached hydrogens (tertiary/aromatic N) is 2. The van der Waals surface area contributed by atoms with Gasteiger partial charge in [-0.25, -0.2) is 5.01 Å². The van der Waals surface area contributed by atoms with Crippen molar-refractivity contribution in [2.24, 2.45) is 23.7 Å². The maximum atomic E-state index is 13.8. The number of hydrazine groups is 1. The Kier molecular flexibility index (Phi) is 7.40. The summed E-state index contributed by atoms with van der Waals surface area (Å²) in [6.07, 6.45) is 4.55. The van der Waals surface area contributed by atoms with Crippen LogP contribution in [0.15, 0.2) is 83.8 Å². The van der Waals surface area contributed by atoms with Crippen LogP contribution < -0.4 is 4.18 Å². The number of carbonyl (C=O) groups excluding carboxylic acids is 4. The summed E-state index contributed by atoms with van der Waals surface area (Å²) in [5.74, 6) is -3.93. The second kappa shape index (κ2) is 10.9. The molecule has 1 saturated heterocycles. The van der Waals surface area contributed by atoms with Crippen molar-refractivity contribution in [3.05, 3.63) is 106 Å². The van der Waals surface area contributed by atoms with Crippen molar-refractivity contribution in [3.8, 4) is 5.75 Å². The van der Waals surface area contributed by atoms with E-state index in [0.29, 0.717) is 6.42 Å². The molecule has 12 heteroatoms. The van der Waals surface area contributed by atoms with E-state index in [1.165, 1.54) is 54.6 Å². The molecule has 43 heavy (non-hydrogen) atoms. The lowest BCUT2D eigenvalue weighted by Gasteiger charge is -2.31. The van der Waals surface area contributed by atoms with E-state index in [2.05, 4.69) is 0 Å².